The molecule has 1 aromatic rings. The highest BCUT2D eigenvalue weighted by molar-refractivity contribution is 5.78. The van der Waals surface area contributed by atoms with Crippen LogP contribution in [0, 0.1) is 26.1 Å². The zero-order valence-corrected chi connectivity index (χ0v) is 16.0. The average Bonchev–Trinajstić information content (AvgIpc) is 2.66. The molecular weight excluding hydrogens is 370 g/mol. The van der Waals surface area contributed by atoms with Crippen LogP contribution in [0.15, 0.2) is 12.3 Å². The van der Waals surface area contributed by atoms with E-state index >= 15 is 0 Å². The number of nitro groups is 2. The molecule has 0 amide bonds. The van der Waals surface area contributed by atoms with Gasteiger partial charge in [0.15, 0.2) is 0 Å². The second kappa shape index (κ2) is 11.1. The fourth-order valence-electron chi connectivity index (χ4n) is 2.76. The van der Waals surface area contributed by atoms with E-state index in [9.17, 15) is 25.0 Å². The summed E-state index contributed by atoms with van der Waals surface area (Å²) in [4.78, 5) is 34.7. The number of anilines is 1. The predicted molar refractivity (Wildman–Crippen MR) is 103 cm³/mol. The highest BCUT2D eigenvalue weighted by atomic mass is 16.6. The van der Waals surface area contributed by atoms with E-state index in [0.717, 1.165) is 12.3 Å². The summed E-state index contributed by atoms with van der Waals surface area (Å²) < 4.78 is 0. The number of nitrogens with one attached hydrogen (secondary N) is 1. The van der Waals surface area contributed by atoms with Gasteiger partial charge in [0.05, 0.1) is 15.9 Å². The monoisotopic (exact) mass is 397 g/mol. The van der Waals surface area contributed by atoms with Gasteiger partial charge in [-0.25, -0.2) is 9.78 Å². The highest BCUT2D eigenvalue weighted by Crippen LogP contribution is 2.28. The number of carboxylic acid groups (broad SMARTS) is 1. The van der Waals surface area contributed by atoms with Crippen LogP contribution in [0.4, 0.5) is 17.2 Å². The molecule has 4 N–H and O–H groups in total. The Balaban J connectivity index is 0.000000467. The molecule has 1 aliphatic carbocycles. The van der Waals surface area contributed by atoms with E-state index in [0.29, 0.717) is 12.5 Å². The Morgan fingerprint density at radius 1 is 1.32 bits per heavy atom. The molecule has 1 heterocycles. The Hall–Kier alpha value is -2.82. The molecule has 1 aromatic heterocycles. The maximum absolute atomic E-state index is 11.2. The van der Waals surface area contributed by atoms with Crippen LogP contribution in [-0.4, -0.2) is 38.0 Å². The fraction of sp³-hybridized carbons (Fsp3) is 0.647. The van der Waals surface area contributed by atoms with Crippen molar-refractivity contribution in [2.75, 3.05) is 5.32 Å². The molecule has 2 atom stereocenters. The zero-order chi connectivity index (χ0) is 21.3. The zero-order valence-electron chi connectivity index (χ0n) is 16.0. The summed E-state index contributed by atoms with van der Waals surface area (Å²) in [6.45, 7) is 3.45. The lowest BCUT2D eigenvalue weighted by molar-refractivity contribution is -0.394. The number of hydrogen-bond acceptors (Lipinski definition) is 8. The lowest BCUT2D eigenvalue weighted by atomic mass is 9.97. The molecule has 1 fully saturated rings. The molecule has 28 heavy (non-hydrogen) atoms. The van der Waals surface area contributed by atoms with Gasteiger partial charge in [-0.2, -0.15) is 0 Å². The van der Waals surface area contributed by atoms with Crippen molar-refractivity contribution in [3.8, 4) is 0 Å². The van der Waals surface area contributed by atoms with Crippen molar-refractivity contribution in [3.05, 3.63) is 32.5 Å². The van der Waals surface area contributed by atoms with Crippen LogP contribution in [0.1, 0.15) is 52.4 Å². The summed E-state index contributed by atoms with van der Waals surface area (Å²) in [5.41, 5.74) is 4.46. The van der Waals surface area contributed by atoms with Crippen molar-refractivity contribution in [3.63, 3.8) is 0 Å². The Morgan fingerprint density at radius 2 is 1.93 bits per heavy atom. The molecule has 0 aliphatic heterocycles. The van der Waals surface area contributed by atoms with Crippen LogP contribution in [0.2, 0.25) is 0 Å². The first-order valence-corrected chi connectivity index (χ1v) is 9.21. The summed E-state index contributed by atoms with van der Waals surface area (Å²) in [5.74, 6) is -1.80. The van der Waals surface area contributed by atoms with Crippen molar-refractivity contribution < 1.29 is 19.7 Å². The molecule has 11 nitrogen and oxygen atoms in total. The van der Waals surface area contributed by atoms with Crippen LogP contribution in [0.3, 0.4) is 0 Å². The van der Waals surface area contributed by atoms with Crippen LogP contribution >= 0.6 is 0 Å². The van der Waals surface area contributed by atoms with E-state index in [-0.39, 0.29) is 11.7 Å². The van der Waals surface area contributed by atoms with Crippen LogP contribution in [0.5, 0.6) is 0 Å². The minimum atomic E-state index is -1.18. The van der Waals surface area contributed by atoms with Gasteiger partial charge in [0.2, 0.25) is 5.82 Å². The number of aromatic nitrogens is 1. The first-order chi connectivity index (χ1) is 13.2. The maximum Gasteiger partial charge on any atom is 0.326 e. The van der Waals surface area contributed by atoms with Crippen molar-refractivity contribution in [1.82, 2.24) is 4.98 Å². The van der Waals surface area contributed by atoms with Gasteiger partial charge in [-0.3, -0.25) is 20.2 Å². The van der Waals surface area contributed by atoms with E-state index in [1.54, 1.807) is 13.8 Å². The minimum Gasteiger partial charge on any atom is -0.480 e. The van der Waals surface area contributed by atoms with Crippen LogP contribution < -0.4 is 11.1 Å². The molecule has 0 unspecified atom stereocenters. The van der Waals surface area contributed by atoms with Gasteiger partial charge >= 0.3 is 11.7 Å². The topological polar surface area (TPSA) is 175 Å². The summed E-state index contributed by atoms with van der Waals surface area (Å²) in [7, 11) is 0. The number of nitrogens with zero attached hydrogens (tertiary/aromatic N) is 3. The minimum absolute atomic E-state index is 0.306. The molecule has 11 heteroatoms. The van der Waals surface area contributed by atoms with Gasteiger partial charge in [-0.15, -0.1) is 0 Å². The molecule has 1 aliphatic rings. The Morgan fingerprint density at radius 3 is 2.32 bits per heavy atom. The molecule has 2 rings (SSSR count). The maximum atomic E-state index is 11.2. The largest absolute Gasteiger partial charge is 0.480 e. The molecule has 156 valence electrons. The number of nitrogens with two attached hydrogens (primary N) is 1. The predicted octanol–water partition coefficient (Wildman–Crippen LogP) is 3.09. The molecule has 0 spiro atoms. The Labute approximate surface area is 162 Å². The van der Waals surface area contributed by atoms with Crippen molar-refractivity contribution in [1.29, 1.82) is 0 Å². The lowest BCUT2D eigenvalue weighted by Gasteiger charge is -2.20. The number of rotatable bonds is 7. The number of carboxylic acids is 1. The third-order valence-corrected chi connectivity index (χ3v) is 4.68. The highest BCUT2D eigenvalue weighted by Gasteiger charge is 2.28. The van der Waals surface area contributed by atoms with E-state index < -0.39 is 33.2 Å². The van der Waals surface area contributed by atoms with Gasteiger partial charge in [0, 0.05) is 6.04 Å². The number of hydrogen-bond donors (Lipinski definition) is 3. The summed E-state index contributed by atoms with van der Waals surface area (Å²) >= 11 is 0. The van der Waals surface area contributed by atoms with Gasteiger partial charge < -0.3 is 16.2 Å². The summed E-state index contributed by atoms with van der Waals surface area (Å²) in [5, 5.41) is 33.2. The molecule has 0 bridgehead atoms. The van der Waals surface area contributed by atoms with Gasteiger partial charge in [-0.05, 0) is 18.8 Å². The SMILES string of the molecule is CC[C@H](C)[C@H](Nc1ncc([N+](=O)[O-])cc1[N+](=O)[O-])C(=O)O.NC1CCCCC1. The second-order valence-electron chi connectivity index (χ2n) is 6.82. The molecule has 1 saturated carbocycles. The molecule has 0 saturated heterocycles. The van der Waals surface area contributed by atoms with Crippen molar-refractivity contribution in [2.24, 2.45) is 11.7 Å². The third-order valence-electron chi connectivity index (χ3n) is 4.68. The molecule has 0 radical (unpaired) electrons. The standard InChI is InChI=1S/C11H14N4O6.C6H13N/c1-3-6(2)9(11(16)17)13-10-8(15(20)21)4-7(5-12-10)14(18)19;7-6-4-2-1-3-5-6/h4-6,9H,3H2,1-2H3,(H,12,13)(H,16,17);6H,1-5,7H2/t6-,9-;/m0./s1. The molecular formula is C17H27N5O6. The number of aliphatic carboxylic acids is 1. The first-order valence-electron chi connectivity index (χ1n) is 9.21. The van der Waals surface area contributed by atoms with Crippen LogP contribution in [0.25, 0.3) is 0 Å². The Bertz CT molecular complexity index is 693. The first kappa shape index (κ1) is 23.2. The van der Waals surface area contributed by atoms with E-state index in [4.69, 9.17) is 10.8 Å². The van der Waals surface area contributed by atoms with Gasteiger partial charge in [-0.1, -0.05) is 39.5 Å². The van der Waals surface area contributed by atoms with Crippen molar-refractivity contribution in [2.45, 2.75) is 64.5 Å². The average molecular weight is 397 g/mol. The van der Waals surface area contributed by atoms with Gasteiger partial charge in [0.25, 0.3) is 5.69 Å². The van der Waals surface area contributed by atoms with Gasteiger partial charge in [0.1, 0.15) is 12.2 Å². The molecule has 0 aromatic carbocycles. The normalized spacial score (nSPS) is 16.2. The van der Waals surface area contributed by atoms with E-state index in [1.165, 1.54) is 32.1 Å². The summed E-state index contributed by atoms with van der Waals surface area (Å²) in [6.07, 6.45) is 8.03. The van der Waals surface area contributed by atoms with E-state index in [2.05, 4.69) is 10.3 Å². The lowest BCUT2D eigenvalue weighted by Crippen LogP contribution is -2.35. The third kappa shape index (κ3) is 7.06. The number of carbonyl (C=O) groups is 1. The van der Waals surface area contributed by atoms with E-state index in [1.807, 2.05) is 0 Å². The number of pyridine rings is 1. The quantitative estimate of drug-likeness (QED) is 0.461. The van der Waals surface area contributed by atoms with Crippen molar-refractivity contribution >= 4 is 23.2 Å². The smallest absolute Gasteiger partial charge is 0.326 e. The fourth-order valence-corrected chi connectivity index (χ4v) is 2.76. The summed E-state index contributed by atoms with van der Waals surface area (Å²) in [6, 6.07) is 0.196. The Kier molecular flexibility index (Phi) is 9.22. The second-order valence-corrected chi connectivity index (χ2v) is 6.82. The van der Waals surface area contributed by atoms with Crippen LogP contribution in [-0.2, 0) is 4.79 Å².